The van der Waals surface area contributed by atoms with Crippen molar-refractivity contribution < 1.29 is 4.79 Å². The number of amides is 2. The Morgan fingerprint density at radius 2 is 2.25 bits per heavy atom. The zero-order valence-corrected chi connectivity index (χ0v) is 14.2. The van der Waals surface area contributed by atoms with E-state index in [9.17, 15) is 4.79 Å². The largest absolute Gasteiger partial charge is 0.335 e. The van der Waals surface area contributed by atoms with Gasteiger partial charge in [0.25, 0.3) is 5.95 Å². The van der Waals surface area contributed by atoms with Gasteiger partial charge in [0.15, 0.2) is 5.65 Å². The van der Waals surface area contributed by atoms with Crippen molar-refractivity contribution >= 4 is 29.2 Å². The highest BCUT2D eigenvalue weighted by Gasteiger charge is 2.12. The zero-order valence-electron chi connectivity index (χ0n) is 13.5. The van der Waals surface area contributed by atoms with Crippen LogP contribution >= 0.6 is 11.6 Å². The van der Waals surface area contributed by atoms with Crippen LogP contribution in [0.1, 0.15) is 12.2 Å². The number of hydrogen-bond acceptors (Lipinski definition) is 4. The predicted octanol–water partition coefficient (Wildman–Crippen LogP) is 2.44. The third kappa shape index (κ3) is 3.65. The molecule has 126 valence electrons. The molecule has 0 bridgehead atoms. The molecule has 9 heteroatoms. The third-order valence-electron chi connectivity index (χ3n) is 3.68. The Bertz CT molecular complexity index is 857. The van der Waals surface area contributed by atoms with Gasteiger partial charge in [0.1, 0.15) is 5.82 Å². The minimum atomic E-state index is -0.251. The first-order chi connectivity index (χ1) is 11.5. The van der Waals surface area contributed by atoms with Crippen molar-refractivity contribution in [1.82, 2.24) is 29.0 Å². The average Bonchev–Trinajstić information content (AvgIpc) is 3.12. The molecule has 1 N–H and O–H groups in total. The monoisotopic (exact) mass is 347 g/mol. The molecule has 0 aliphatic heterocycles. The number of hydrogen-bond donors (Lipinski definition) is 1. The maximum atomic E-state index is 12.2. The van der Waals surface area contributed by atoms with E-state index in [1.54, 1.807) is 36.5 Å². The van der Waals surface area contributed by atoms with Crippen molar-refractivity contribution in [2.24, 2.45) is 0 Å². The second kappa shape index (κ2) is 6.88. The lowest BCUT2D eigenvalue weighted by atomic mass is 10.4. The van der Waals surface area contributed by atoms with Crippen LogP contribution in [0.4, 0.5) is 10.7 Å². The van der Waals surface area contributed by atoms with E-state index in [1.807, 2.05) is 13.1 Å². The number of fused-ring (bicyclic) bond motifs is 1. The Labute approximate surface area is 144 Å². The Morgan fingerprint density at radius 1 is 1.42 bits per heavy atom. The van der Waals surface area contributed by atoms with Crippen LogP contribution < -0.4 is 5.32 Å². The number of imidazole rings is 1. The molecular formula is C15H18ClN7O. The normalized spacial score (nSPS) is 11.0. The Hall–Kier alpha value is -2.61. The van der Waals surface area contributed by atoms with E-state index in [0.29, 0.717) is 17.2 Å². The van der Waals surface area contributed by atoms with E-state index in [1.165, 1.54) is 4.52 Å². The first-order valence-corrected chi connectivity index (χ1v) is 7.92. The number of nitrogens with one attached hydrogen (secondary N) is 1. The lowest BCUT2D eigenvalue weighted by Gasteiger charge is -2.16. The maximum Gasteiger partial charge on any atom is 0.324 e. The number of pyridine rings is 1. The molecular weight excluding hydrogens is 330 g/mol. The fourth-order valence-electron chi connectivity index (χ4n) is 2.32. The highest BCUT2D eigenvalue weighted by molar-refractivity contribution is 6.30. The highest BCUT2D eigenvalue weighted by Crippen LogP contribution is 2.11. The van der Waals surface area contributed by atoms with Gasteiger partial charge in [0.2, 0.25) is 0 Å². The molecule has 3 heterocycles. The minimum Gasteiger partial charge on any atom is -0.335 e. The molecule has 0 fully saturated rings. The van der Waals surface area contributed by atoms with Gasteiger partial charge in [-0.25, -0.2) is 14.3 Å². The minimum absolute atomic E-state index is 0.250. The Kier molecular flexibility index (Phi) is 4.66. The van der Waals surface area contributed by atoms with Gasteiger partial charge in [-0.2, -0.15) is 4.98 Å². The quantitative estimate of drug-likeness (QED) is 0.768. The van der Waals surface area contributed by atoms with Crippen LogP contribution in [0, 0.1) is 6.92 Å². The SMILES string of the molecule is Cc1nccn1CCCN(C)C(=O)Nc1nc2ccc(Cl)cn2n1. The van der Waals surface area contributed by atoms with Crippen LogP contribution in [0.25, 0.3) is 5.65 Å². The number of anilines is 1. The summed E-state index contributed by atoms with van der Waals surface area (Å²) in [6.07, 6.45) is 6.17. The summed E-state index contributed by atoms with van der Waals surface area (Å²) in [5.41, 5.74) is 0.618. The van der Waals surface area contributed by atoms with E-state index in [4.69, 9.17) is 11.6 Å². The maximum absolute atomic E-state index is 12.2. The van der Waals surface area contributed by atoms with Gasteiger partial charge < -0.3 is 9.47 Å². The number of nitrogens with zero attached hydrogens (tertiary/aromatic N) is 6. The summed E-state index contributed by atoms with van der Waals surface area (Å²) >= 11 is 5.90. The van der Waals surface area contributed by atoms with Gasteiger partial charge in [-0.3, -0.25) is 5.32 Å². The van der Waals surface area contributed by atoms with Crippen LogP contribution in [0.5, 0.6) is 0 Å². The molecule has 24 heavy (non-hydrogen) atoms. The van der Waals surface area contributed by atoms with Crippen molar-refractivity contribution in [2.75, 3.05) is 18.9 Å². The van der Waals surface area contributed by atoms with E-state index in [2.05, 4.69) is 25.0 Å². The summed E-state index contributed by atoms with van der Waals surface area (Å²) in [5, 5.41) is 7.42. The van der Waals surface area contributed by atoms with Crippen LogP contribution in [0.3, 0.4) is 0 Å². The van der Waals surface area contributed by atoms with Gasteiger partial charge in [0, 0.05) is 38.7 Å². The summed E-state index contributed by atoms with van der Waals surface area (Å²) in [4.78, 5) is 22.2. The second-order valence-corrected chi connectivity index (χ2v) is 5.90. The van der Waals surface area contributed by atoms with E-state index in [0.717, 1.165) is 18.8 Å². The topological polar surface area (TPSA) is 80.4 Å². The number of carbonyl (C=O) groups is 1. The molecule has 2 amide bonds. The van der Waals surface area contributed by atoms with Gasteiger partial charge in [-0.15, -0.1) is 5.10 Å². The van der Waals surface area contributed by atoms with E-state index in [-0.39, 0.29) is 12.0 Å². The number of carbonyl (C=O) groups excluding carboxylic acids is 1. The third-order valence-corrected chi connectivity index (χ3v) is 3.90. The highest BCUT2D eigenvalue weighted by atomic mass is 35.5. The van der Waals surface area contributed by atoms with Crippen molar-refractivity contribution in [1.29, 1.82) is 0 Å². The molecule has 0 atom stereocenters. The fraction of sp³-hybridized carbons (Fsp3) is 0.333. The number of rotatable bonds is 5. The first kappa shape index (κ1) is 16.3. The van der Waals surface area contributed by atoms with E-state index < -0.39 is 0 Å². The molecule has 8 nitrogen and oxygen atoms in total. The molecule has 0 saturated carbocycles. The summed E-state index contributed by atoms with van der Waals surface area (Å²) in [6.45, 7) is 3.38. The van der Waals surface area contributed by atoms with Crippen molar-refractivity contribution in [3.8, 4) is 0 Å². The van der Waals surface area contributed by atoms with Gasteiger partial charge in [-0.05, 0) is 25.5 Å². The zero-order chi connectivity index (χ0) is 17.1. The molecule has 0 unspecified atom stereocenters. The molecule has 3 rings (SSSR count). The molecule has 0 radical (unpaired) electrons. The van der Waals surface area contributed by atoms with E-state index >= 15 is 0 Å². The summed E-state index contributed by atoms with van der Waals surface area (Å²) in [7, 11) is 1.74. The van der Waals surface area contributed by atoms with Crippen LogP contribution in [-0.4, -0.2) is 48.7 Å². The number of halogens is 1. The van der Waals surface area contributed by atoms with Crippen molar-refractivity contribution in [2.45, 2.75) is 19.9 Å². The Balaban J connectivity index is 1.54. The van der Waals surface area contributed by atoms with Crippen molar-refractivity contribution in [3.05, 3.63) is 41.6 Å². The fourth-order valence-corrected chi connectivity index (χ4v) is 2.48. The molecule has 0 spiro atoms. The van der Waals surface area contributed by atoms with Crippen LogP contribution in [0.2, 0.25) is 5.02 Å². The van der Waals surface area contributed by atoms with Crippen molar-refractivity contribution in [3.63, 3.8) is 0 Å². The summed E-state index contributed by atoms with van der Waals surface area (Å²) in [5.74, 6) is 1.22. The summed E-state index contributed by atoms with van der Waals surface area (Å²) < 4.78 is 3.58. The smallest absolute Gasteiger partial charge is 0.324 e. The molecule has 3 aromatic heterocycles. The first-order valence-electron chi connectivity index (χ1n) is 7.55. The standard InChI is InChI=1S/C15H18ClN7O/c1-11-17-6-9-22(11)8-3-7-21(2)15(24)19-14-18-13-5-4-12(16)10-23(13)20-14/h4-6,9-10H,3,7-8H2,1-2H3,(H,19,20,24). The lowest BCUT2D eigenvalue weighted by Crippen LogP contribution is -2.33. The molecule has 0 aliphatic carbocycles. The van der Waals surface area contributed by atoms with Gasteiger partial charge in [0.05, 0.1) is 5.02 Å². The number of aromatic nitrogens is 5. The number of urea groups is 1. The van der Waals surface area contributed by atoms with Crippen LogP contribution in [0.15, 0.2) is 30.7 Å². The Morgan fingerprint density at radius 3 is 3.00 bits per heavy atom. The molecule has 0 aliphatic rings. The molecule has 0 saturated heterocycles. The van der Waals surface area contributed by atoms with Gasteiger partial charge in [-0.1, -0.05) is 11.6 Å². The van der Waals surface area contributed by atoms with Gasteiger partial charge >= 0.3 is 6.03 Å². The molecule has 0 aromatic carbocycles. The second-order valence-electron chi connectivity index (χ2n) is 5.46. The number of aryl methyl sites for hydroxylation is 2. The summed E-state index contributed by atoms with van der Waals surface area (Å²) in [6, 6.07) is 3.21. The average molecular weight is 348 g/mol. The molecule has 3 aromatic rings. The van der Waals surface area contributed by atoms with Crippen LogP contribution in [-0.2, 0) is 6.54 Å². The lowest BCUT2D eigenvalue weighted by molar-refractivity contribution is 0.221. The predicted molar refractivity (Wildman–Crippen MR) is 91.2 cm³/mol.